The Hall–Kier alpha value is -4.01. The molecule has 7 nitrogen and oxygen atoms in total. The highest BCUT2D eigenvalue weighted by Crippen LogP contribution is 2.40. The smallest absolute Gasteiger partial charge is 0.349 e. The van der Waals surface area contributed by atoms with Crippen LogP contribution in [-0.4, -0.2) is 29.4 Å². The van der Waals surface area contributed by atoms with Gasteiger partial charge in [0.1, 0.15) is 16.4 Å². The van der Waals surface area contributed by atoms with Gasteiger partial charge in [0, 0.05) is 5.56 Å². The summed E-state index contributed by atoms with van der Waals surface area (Å²) in [7, 11) is 0. The molecule has 1 aromatic heterocycles. The van der Waals surface area contributed by atoms with Gasteiger partial charge in [-0.05, 0) is 41.5 Å². The molecule has 1 atom stereocenters. The minimum Gasteiger partial charge on any atom is -0.349 e. The molecule has 1 aliphatic heterocycles. The average Bonchev–Trinajstić information content (AvgIpc) is 3.42. The standard InChI is InChI=1S/C22H13F7N4O3S/c23-12-5-6-13(14(7-12)10-1-3-11(4-2-10)21(24,25)26)17(34)30-8-20(18(35)32-19(36)33-20)15-16(22(27,28)29)37-9-31-15/h1-7,9H,8H2,(H,30,34)(H2,32,33,35,36)/t20-/m1/s1. The Morgan fingerprint density at radius 2 is 1.68 bits per heavy atom. The molecule has 2 aromatic carbocycles. The maximum atomic E-state index is 14.0. The van der Waals surface area contributed by atoms with E-state index < -0.39 is 64.2 Å². The number of halogens is 7. The van der Waals surface area contributed by atoms with Crippen LogP contribution in [0, 0.1) is 5.82 Å². The molecule has 0 spiro atoms. The van der Waals surface area contributed by atoms with Crippen LogP contribution in [0.5, 0.6) is 0 Å². The minimum atomic E-state index is -4.92. The number of urea groups is 1. The normalized spacial score (nSPS) is 17.9. The molecule has 2 heterocycles. The van der Waals surface area contributed by atoms with E-state index in [1.165, 1.54) is 0 Å². The highest BCUT2D eigenvalue weighted by molar-refractivity contribution is 7.09. The Kier molecular flexibility index (Phi) is 6.44. The number of rotatable bonds is 5. The number of nitrogens with zero attached hydrogens (tertiary/aromatic N) is 1. The number of thiazole rings is 1. The van der Waals surface area contributed by atoms with Crippen molar-refractivity contribution in [1.29, 1.82) is 0 Å². The first-order valence-corrected chi connectivity index (χ1v) is 11.0. The molecule has 1 aliphatic rings. The molecule has 0 unspecified atom stereocenters. The second kappa shape index (κ2) is 9.14. The molecule has 4 amide bonds. The van der Waals surface area contributed by atoms with Crippen LogP contribution in [0.25, 0.3) is 11.1 Å². The molecule has 1 saturated heterocycles. The van der Waals surface area contributed by atoms with Crippen molar-refractivity contribution in [2.75, 3.05) is 6.54 Å². The zero-order chi connectivity index (χ0) is 27.2. The van der Waals surface area contributed by atoms with Crippen molar-refractivity contribution in [2.45, 2.75) is 17.9 Å². The molecule has 1 fully saturated rings. The van der Waals surface area contributed by atoms with Gasteiger partial charge in [0.25, 0.3) is 11.8 Å². The Morgan fingerprint density at radius 3 is 2.24 bits per heavy atom. The number of carbonyl (C=O) groups is 3. The fraction of sp³-hybridized carbons (Fsp3) is 0.182. The summed E-state index contributed by atoms with van der Waals surface area (Å²) in [6, 6.07) is 5.18. The summed E-state index contributed by atoms with van der Waals surface area (Å²) in [6.45, 7) is -0.875. The third kappa shape index (κ3) is 4.98. The predicted octanol–water partition coefficient (Wildman–Crippen LogP) is 4.45. The number of benzene rings is 2. The van der Waals surface area contributed by atoms with Gasteiger partial charge in [-0.3, -0.25) is 14.9 Å². The SMILES string of the molecule is O=C1NC(=O)[C@@](CNC(=O)c2ccc(F)cc2-c2ccc(C(F)(F)F)cc2)(c2ncsc2C(F)(F)F)N1. The Bertz CT molecular complexity index is 1390. The van der Waals surface area contributed by atoms with Crippen LogP contribution in [0.4, 0.5) is 35.5 Å². The van der Waals surface area contributed by atoms with E-state index in [4.69, 9.17) is 0 Å². The van der Waals surface area contributed by atoms with Crippen molar-refractivity contribution >= 4 is 29.2 Å². The second-order valence-electron chi connectivity index (χ2n) is 7.79. The van der Waals surface area contributed by atoms with Crippen LogP contribution < -0.4 is 16.0 Å². The number of imide groups is 1. The fourth-order valence-electron chi connectivity index (χ4n) is 3.72. The number of aromatic nitrogens is 1. The van der Waals surface area contributed by atoms with Crippen molar-refractivity contribution in [3.8, 4) is 11.1 Å². The molecule has 15 heteroatoms. The molecule has 4 rings (SSSR count). The number of amides is 4. The van der Waals surface area contributed by atoms with Gasteiger partial charge in [-0.15, -0.1) is 11.3 Å². The fourth-order valence-corrected chi connectivity index (χ4v) is 4.45. The van der Waals surface area contributed by atoms with Crippen molar-refractivity contribution in [3.05, 3.63) is 75.5 Å². The van der Waals surface area contributed by atoms with E-state index in [1.807, 2.05) is 5.32 Å². The van der Waals surface area contributed by atoms with Crippen molar-refractivity contribution in [2.24, 2.45) is 0 Å². The molecule has 0 radical (unpaired) electrons. The van der Waals surface area contributed by atoms with Crippen molar-refractivity contribution < 1.29 is 45.1 Å². The first kappa shape index (κ1) is 26.1. The maximum Gasteiger partial charge on any atom is 0.427 e. The molecular formula is C22H13F7N4O3S. The van der Waals surface area contributed by atoms with Crippen LogP contribution >= 0.6 is 11.3 Å². The van der Waals surface area contributed by atoms with E-state index >= 15 is 0 Å². The summed E-state index contributed by atoms with van der Waals surface area (Å²) in [5.41, 5.74) is -3.74. The molecule has 37 heavy (non-hydrogen) atoms. The van der Waals surface area contributed by atoms with Gasteiger partial charge in [0.2, 0.25) is 0 Å². The maximum absolute atomic E-state index is 14.0. The minimum absolute atomic E-state index is 0.0399. The summed E-state index contributed by atoms with van der Waals surface area (Å²) in [5, 5.41) is 6.14. The molecule has 0 bridgehead atoms. The lowest BCUT2D eigenvalue weighted by atomic mass is 9.93. The highest BCUT2D eigenvalue weighted by atomic mass is 32.1. The highest BCUT2D eigenvalue weighted by Gasteiger charge is 2.54. The molecule has 0 saturated carbocycles. The third-order valence-electron chi connectivity index (χ3n) is 5.43. The van der Waals surface area contributed by atoms with Gasteiger partial charge in [-0.1, -0.05) is 12.1 Å². The van der Waals surface area contributed by atoms with Crippen molar-refractivity contribution in [3.63, 3.8) is 0 Å². The number of hydrogen-bond acceptors (Lipinski definition) is 5. The van der Waals surface area contributed by atoms with E-state index in [-0.39, 0.29) is 28.0 Å². The predicted molar refractivity (Wildman–Crippen MR) is 115 cm³/mol. The number of nitrogens with one attached hydrogen (secondary N) is 3. The lowest BCUT2D eigenvalue weighted by molar-refractivity contribution is -0.138. The average molecular weight is 546 g/mol. The second-order valence-corrected chi connectivity index (χ2v) is 8.64. The topological polar surface area (TPSA) is 100 Å². The van der Waals surface area contributed by atoms with E-state index in [0.29, 0.717) is 0 Å². The van der Waals surface area contributed by atoms with Crippen LogP contribution in [0.2, 0.25) is 0 Å². The van der Waals surface area contributed by atoms with Crippen LogP contribution in [0.1, 0.15) is 26.5 Å². The molecule has 194 valence electrons. The van der Waals surface area contributed by atoms with Crippen molar-refractivity contribution in [1.82, 2.24) is 20.9 Å². The third-order valence-corrected chi connectivity index (χ3v) is 6.31. The zero-order valence-electron chi connectivity index (χ0n) is 18.1. The van der Waals surface area contributed by atoms with E-state index in [1.54, 1.807) is 0 Å². The first-order chi connectivity index (χ1) is 17.2. The Balaban J connectivity index is 1.68. The van der Waals surface area contributed by atoms with E-state index in [0.717, 1.165) is 48.0 Å². The summed E-state index contributed by atoms with van der Waals surface area (Å²) in [5.74, 6) is -3.02. The van der Waals surface area contributed by atoms with Gasteiger partial charge in [0.15, 0.2) is 5.54 Å². The molecule has 3 N–H and O–H groups in total. The molecule has 0 aliphatic carbocycles. The monoisotopic (exact) mass is 546 g/mol. The quantitative estimate of drug-likeness (QED) is 0.325. The lowest BCUT2D eigenvalue weighted by Crippen LogP contribution is -2.53. The van der Waals surface area contributed by atoms with E-state index in [9.17, 15) is 45.1 Å². The first-order valence-electron chi connectivity index (χ1n) is 10.1. The van der Waals surface area contributed by atoms with Gasteiger partial charge in [-0.2, -0.15) is 26.3 Å². The van der Waals surface area contributed by atoms with Gasteiger partial charge in [0.05, 0.1) is 17.6 Å². The van der Waals surface area contributed by atoms with Crippen LogP contribution in [0.15, 0.2) is 48.0 Å². The van der Waals surface area contributed by atoms with Gasteiger partial charge in [-0.25, -0.2) is 14.2 Å². The van der Waals surface area contributed by atoms with Crippen LogP contribution in [-0.2, 0) is 22.7 Å². The summed E-state index contributed by atoms with van der Waals surface area (Å²) in [4.78, 5) is 39.8. The largest absolute Gasteiger partial charge is 0.427 e. The summed E-state index contributed by atoms with van der Waals surface area (Å²) in [6.07, 6.45) is -9.56. The Labute approximate surface area is 206 Å². The van der Waals surface area contributed by atoms with E-state index in [2.05, 4.69) is 15.6 Å². The number of carbonyl (C=O) groups excluding carboxylic acids is 3. The number of alkyl halides is 6. The van der Waals surface area contributed by atoms with Gasteiger partial charge >= 0.3 is 18.4 Å². The lowest BCUT2D eigenvalue weighted by Gasteiger charge is -2.26. The van der Waals surface area contributed by atoms with Gasteiger partial charge < -0.3 is 10.6 Å². The Morgan fingerprint density at radius 1 is 1.00 bits per heavy atom. The molecular weight excluding hydrogens is 533 g/mol. The number of hydrogen-bond donors (Lipinski definition) is 3. The van der Waals surface area contributed by atoms with Crippen LogP contribution in [0.3, 0.4) is 0 Å². The molecule has 3 aromatic rings. The summed E-state index contributed by atoms with van der Waals surface area (Å²) >= 11 is 0.178. The summed E-state index contributed by atoms with van der Waals surface area (Å²) < 4.78 is 93.2. The zero-order valence-corrected chi connectivity index (χ0v) is 18.9.